The highest BCUT2D eigenvalue weighted by Crippen LogP contribution is 2.33. The number of rotatable bonds is 2. The van der Waals surface area contributed by atoms with Gasteiger partial charge in [-0.1, -0.05) is 70.5 Å². The van der Waals surface area contributed by atoms with Crippen molar-refractivity contribution in [3.05, 3.63) is 81.8 Å². The summed E-state index contributed by atoms with van der Waals surface area (Å²) in [5, 5.41) is 13.0. The van der Waals surface area contributed by atoms with Crippen molar-refractivity contribution < 1.29 is 5.11 Å². The molecule has 0 fully saturated rings. The summed E-state index contributed by atoms with van der Waals surface area (Å²) in [4.78, 5) is 0. The fraction of sp³-hybridized carbons (Fsp3) is 0.111. The predicted molar refractivity (Wildman–Crippen MR) is 86.9 cm³/mol. The summed E-state index contributed by atoms with van der Waals surface area (Å²) in [5.41, 5.74) is 3.06. The fourth-order valence-corrected chi connectivity index (χ4v) is 3.08. The molecular weight excluding hydrogens is 312 g/mol. The standard InChI is InChI=1S/C18H15BrO/c1-12-10-11-15(14-7-3-2-6-13(12)14)18(20)16-8-4-5-9-17(16)19/h2-11,18,20H,1H3. The normalized spacial score (nSPS) is 12.6. The maximum atomic E-state index is 10.7. The molecule has 0 bridgehead atoms. The maximum Gasteiger partial charge on any atom is 0.106 e. The molecule has 2 heteroatoms. The molecule has 0 heterocycles. The van der Waals surface area contributed by atoms with Gasteiger partial charge in [0.25, 0.3) is 0 Å². The van der Waals surface area contributed by atoms with Crippen LogP contribution in [0.1, 0.15) is 22.8 Å². The molecule has 3 aromatic rings. The van der Waals surface area contributed by atoms with Crippen LogP contribution >= 0.6 is 15.9 Å². The zero-order valence-electron chi connectivity index (χ0n) is 11.2. The van der Waals surface area contributed by atoms with E-state index in [1.54, 1.807) is 0 Å². The monoisotopic (exact) mass is 326 g/mol. The van der Waals surface area contributed by atoms with E-state index in [4.69, 9.17) is 0 Å². The topological polar surface area (TPSA) is 20.2 Å². The summed E-state index contributed by atoms with van der Waals surface area (Å²) in [6.07, 6.45) is -0.629. The number of benzene rings is 3. The van der Waals surface area contributed by atoms with E-state index in [1.807, 2.05) is 42.5 Å². The Bertz CT molecular complexity index is 764. The van der Waals surface area contributed by atoms with Crippen LogP contribution < -0.4 is 0 Å². The zero-order chi connectivity index (χ0) is 14.1. The van der Waals surface area contributed by atoms with E-state index < -0.39 is 6.10 Å². The Morgan fingerprint density at radius 2 is 1.45 bits per heavy atom. The van der Waals surface area contributed by atoms with Gasteiger partial charge in [0, 0.05) is 4.47 Å². The highest BCUT2D eigenvalue weighted by molar-refractivity contribution is 9.10. The van der Waals surface area contributed by atoms with Gasteiger partial charge in [-0.25, -0.2) is 0 Å². The molecule has 1 N–H and O–H groups in total. The summed E-state index contributed by atoms with van der Waals surface area (Å²) in [7, 11) is 0. The lowest BCUT2D eigenvalue weighted by atomic mass is 9.94. The van der Waals surface area contributed by atoms with Crippen molar-refractivity contribution in [1.29, 1.82) is 0 Å². The van der Waals surface area contributed by atoms with E-state index >= 15 is 0 Å². The molecule has 100 valence electrons. The van der Waals surface area contributed by atoms with Crippen LogP contribution in [0.4, 0.5) is 0 Å². The highest BCUT2D eigenvalue weighted by Gasteiger charge is 2.16. The Kier molecular flexibility index (Phi) is 3.60. The molecule has 0 amide bonds. The van der Waals surface area contributed by atoms with Crippen molar-refractivity contribution >= 4 is 26.7 Å². The van der Waals surface area contributed by atoms with E-state index in [0.29, 0.717) is 0 Å². The number of aliphatic hydroxyl groups excluding tert-OH is 1. The Balaban J connectivity index is 2.20. The van der Waals surface area contributed by atoms with Crippen molar-refractivity contribution in [2.24, 2.45) is 0 Å². The number of hydrogen-bond acceptors (Lipinski definition) is 1. The first-order valence-electron chi connectivity index (χ1n) is 6.59. The lowest BCUT2D eigenvalue weighted by Gasteiger charge is -2.16. The summed E-state index contributed by atoms with van der Waals surface area (Å²) in [6.45, 7) is 2.09. The number of aryl methyl sites for hydroxylation is 1. The SMILES string of the molecule is Cc1ccc(C(O)c2ccccc2Br)c2ccccc12. The molecule has 0 aromatic heterocycles. The number of aliphatic hydroxyl groups is 1. The molecule has 1 atom stereocenters. The number of fused-ring (bicyclic) bond motifs is 1. The van der Waals surface area contributed by atoms with Gasteiger partial charge in [-0.2, -0.15) is 0 Å². The number of hydrogen-bond donors (Lipinski definition) is 1. The highest BCUT2D eigenvalue weighted by atomic mass is 79.9. The molecule has 0 saturated carbocycles. The second kappa shape index (κ2) is 5.39. The third-order valence-electron chi connectivity index (χ3n) is 3.67. The van der Waals surface area contributed by atoms with Gasteiger partial charge in [-0.3, -0.25) is 0 Å². The van der Waals surface area contributed by atoms with E-state index in [0.717, 1.165) is 21.0 Å². The van der Waals surface area contributed by atoms with Crippen LogP contribution in [0.15, 0.2) is 65.1 Å². The van der Waals surface area contributed by atoms with Crippen LogP contribution in [0.2, 0.25) is 0 Å². The molecule has 1 unspecified atom stereocenters. The minimum absolute atomic E-state index is 0.629. The molecule has 0 saturated heterocycles. The van der Waals surface area contributed by atoms with Gasteiger partial charge in [-0.05, 0) is 40.5 Å². The molecule has 0 spiro atoms. The van der Waals surface area contributed by atoms with Crippen LogP contribution in [0.5, 0.6) is 0 Å². The quantitative estimate of drug-likeness (QED) is 0.703. The Morgan fingerprint density at radius 3 is 2.20 bits per heavy atom. The third-order valence-corrected chi connectivity index (χ3v) is 4.39. The smallest absolute Gasteiger partial charge is 0.106 e. The van der Waals surface area contributed by atoms with Gasteiger partial charge >= 0.3 is 0 Å². The van der Waals surface area contributed by atoms with Gasteiger partial charge in [-0.15, -0.1) is 0 Å². The van der Waals surface area contributed by atoms with Crippen molar-refractivity contribution in [2.45, 2.75) is 13.0 Å². The predicted octanol–water partition coefficient (Wildman–Crippen LogP) is 4.99. The van der Waals surface area contributed by atoms with Crippen molar-refractivity contribution in [3.8, 4) is 0 Å². The minimum atomic E-state index is -0.629. The Hall–Kier alpha value is -1.64. The maximum absolute atomic E-state index is 10.7. The number of halogens is 1. The van der Waals surface area contributed by atoms with Crippen LogP contribution in [-0.2, 0) is 0 Å². The molecule has 20 heavy (non-hydrogen) atoms. The molecule has 0 aliphatic rings. The van der Waals surface area contributed by atoms with Gasteiger partial charge < -0.3 is 5.11 Å². The lowest BCUT2D eigenvalue weighted by Crippen LogP contribution is -2.02. The first kappa shape index (κ1) is 13.3. The van der Waals surface area contributed by atoms with Crippen LogP contribution in [0, 0.1) is 6.92 Å². The zero-order valence-corrected chi connectivity index (χ0v) is 12.8. The van der Waals surface area contributed by atoms with Gasteiger partial charge in [0.2, 0.25) is 0 Å². The average molecular weight is 327 g/mol. The molecule has 0 radical (unpaired) electrons. The van der Waals surface area contributed by atoms with E-state index in [1.165, 1.54) is 10.9 Å². The summed E-state index contributed by atoms with van der Waals surface area (Å²) < 4.78 is 0.928. The summed E-state index contributed by atoms with van der Waals surface area (Å²) in [6, 6.07) is 20.1. The van der Waals surface area contributed by atoms with Crippen molar-refractivity contribution in [3.63, 3.8) is 0 Å². The Labute approximate surface area is 127 Å². The van der Waals surface area contributed by atoms with Crippen molar-refractivity contribution in [2.75, 3.05) is 0 Å². The minimum Gasteiger partial charge on any atom is -0.384 e. The van der Waals surface area contributed by atoms with Crippen molar-refractivity contribution in [1.82, 2.24) is 0 Å². The fourth-order valence-electron chi connectivity index (χ4n) is 2.58. The molecule has 1 nitrogen and oxygen atoms in total. The lowest BCUT2D eigenvalue weighted by molar-refractivity contribution is 0.221. The first-order valence-corrected chi connectivity index (χ1v) is 7.38. The van der Waals surface area contributed by atoms with E-state index in [2.05, 4.69) is 41.1 Å². The molecule has 3 aromatic carbocycles. The largest absolute Gasteiger partial charge is 0.384 e. The van der Waals surface area contributed by atoms with E-state index in [-0.39, 0.29) is 0 Å². The molecule has 0 aliphatic carbocycles. The third kappa shape index (κ3) is 2.26. The molecule has 3 rings (SSSR count). The second-order valence-corrected chi connectivity index (χ2v) is 5.80. The summed E-state index contributed by atoms with van der Waals surface area (Å²) >= 11 is 3.51. The summed E-state index contributed by atoms with van der Waals surface area (Å²) in [5.74, 6) is 0. The van der Waals surface area contributed by atoms with Gasteiger partial charge in [0.1, 0.15) is 6.10 Å². The van der Waals surface area contributed by atoms with Crippen LogP contribution in [0.25, 0.3) is 10.8 Å². The molecule has 0 aliphatic heterocycles. The Morgan fingerprint density at radius 1 is 0.800 bits per heavy atom. The van der Waals surface area contributed by atoms with Crippen LogP contribution in [0.3, 0.4) is 0 Å². The van der Waals surface area contributed by atoms with Gasteiger partial charge in [0.15, 0.2) is 0 Å². The first-order chi connectivity index (χ1) is 9.68. The average Bonchev–Trinajstić information content (AvgIpc) is 2.48. The molecular formula is C18H15BrO. The van der Waals surface area contributed by atoms with E-state index in [9.17, 15) is 5.11 Å². The van der Waals surface area contributed by atoms with Crippen LogP contribution in [-0.4, -0.2) is 5.11 Å². The van der Waals surface area contributed by atoms with Gasteiger partial charge in [0.05, 0.1) is 0 Å². The second-order valence-electron chi connectivity index (χ2n) is 4.94.